The highest BCUT2D eigenvalue weighted by Crippen LogP contribution is 2.32. The fraction of sp³-hybridized carbons (Fsp3) is 0.188. The summed E-state index contributed by atoms with van der Waals surface area (Å²) in [5.41, 5.74) is 3.28. The Morgan fingerprint density at radius 2 is 1.85 bits per heavy atom. The van der Waals surface area contributed by atoms with E-state index in [1.807, 2.05) is 32.0 Å². The normalized spacial score (nSPS) is 10.2. The van der Waals surface area contributed by atoms with Crippen molar-refractivity contribution < 1.29 is 9.84 Å². The molecule has 0 aliphatic heterocycles. The van der Waals surface area contributed by atoms with Gasteiger partial charge in [0.05, 0.1) is 18.2 Å². The first kappa shape index (κ1) is 14.6. The van der Waals surface area contributed by atoms with Gasteiger partial charge in [-0.25, -0.2) is 0 Å². The molecule has 102 valence electrons. The van der Waals surface area contributed by atoms with Gasteiger partial charge in [-0.15, -0.1) is 0 Å². The zero-order valence-corrected chi connectivity index (χ0v) is 12.9. The van der Waals surface area contributed by atoms with Crippen molar-refractivity contribution in [2.45, 2.75) is 20.5 Å². The van der Waals surface area contributed by atoms with Gasteiger partial charge in [0.15, 0.2) is 0 Å². The first-order chi connectivity index (χ1) is 9.55. The Morgan fingerprint density at radius 1 is 1.20 bits per heavy atom. The van der Waals surface area contributed by atoms with E-state index in [9.17, 15) is 0 Å². The Kier molecular flexibility index (Phi) is 4.43. The Balaban J connectivity index is 2.35. The van der Waals surface area contributed by atoms with Crippen LogP contribution in [0.15, 0.2) is 34.8 Å². The van der Waals surface area contributed by atoms with Crippen LogP contribution in [0.4, 0.5) is 0 Å². The molecule has 0 saturated heterocycles. The molecule has 0 heterocycles. The van der Waals surface area contributed by atoms with Crippen LogP contribution < -0.4 is 4.74 Å². The van der Waals surface area contributed by atoms with Crippen molar-refractivity contribution in [1.29, 1.82) is 5.26 Å². The van der Waals surface area contributed by atoms with Gasteiger partial charge in [-0.2, -0.15) is 5.26 Å². The van der Waals surface area contributed by atoms with Crippen LogP contribution in [0.1, 0.15) is 22.3 Å². The van der Waals surface area contributed by atoms with Crippen molar-refractivity contribution in [3.8, 4) is 17.6 Å². The molecule has 20 heavy (non-hydrogen) atoms. The number of benzene rings is 2. The summed E-state index contributed by atoms with van der Waals surface area (Å²) in [5.74, 6) is 1.44. The molecule has 0 aliphatic carbocycles. The van der Waals surface area contributed by atoms with E-state index < -0.39 is 0 Å². The number of aryl methyl sites for hydroxylation is 2. The Morgan fingerprint density at radius 3 is 2.35 bits per heavy atom. The number of aliphatic hydroxyl groups is 1. The Labute approximate surface area is 126 Å². The minimum atomic E-state index is -0.0181. The van der Waals surface area contributed by atoms with Gasteiger partial charge in [0.25, 0.3) is 0 Å². The largest absolute Gasteiger partial charge is 0.457 e. The van der Waals surface area contributed by atoms with Crippen LogP contribution in [-0.4, -0.2) is 5.11 Å². The second-order valence-electron chi connectivity index (χ2n) is 4.56. The van der Waals surface area contributed by atoms with E-state index in [0.717, 1.165) is 26.9 Å². The molecule has 0 spiro atoms. The monoisotopic (exact) mass is 331 g/mol. The van der Waals surface area contributed by atoms with Crippen LogP contribution >= 0.6 is 15.9 Å². The molecule has 0 unspecified atom stereocenters. The van der Waals surface area contributed by atoms with Crippen LogP contribution in [0.2, 0.25) is 0 Å². The fourth-order valence-electron chi connectivity index (χ4n) is 2.01. The number of nitriles is 1. The summed E-state index contributed by atoms with van der Waals surface area (Å²) in [4.78, 5) is 0. The number of rotatable bonds is 3. The van der Waals surface area contributed by atoms with Crippen molar-refractivity contribution in [2.75, 3.05) is 0 Å². The molecule has 4 heteroatoms. The molecule has 0 saturated carbocycles. The van der Waals surface area contributed by atoms with Gasteiger partial charge in [-0.3, -0.25) is 0 Å². The van der Waals surface area contributed by atoms with Crippen molar-refractivity contribution in [1.82, 2.24) is 0 Å². The van der Waals surface area contributed by atoms with Crippen molar-refractivity contribution in [3.05, 3.63) is 57.1 Å². The highest BCUT2D eigenvalue weighted by Gasteiger charge is 2.09. The summed E-state index contributed by atoms with van der Waals surface area (Å²) in [6.45, 7) is 3.82. The molecule has 0 bridgehead atoms. The van der Waals surface area contributed by atoms with E-state index in [-0.39, 0.29) is 6.61 Å². The number of ether oxygens (including phenoxy) is 1. The lowest BCUT2D eigenvalue weighted by Gasteiger charge is -2.13. The summed E-state index contributed by atoms with van der Waals surface area (Å²) in [6.07, 6.45) is 0. The van der Waals surface area contributed by atoms with Crippen LogP contribution in [0.3, 0.4) is 0 Å². The first-order valence-electron chi connectivity index (χ1n) is 6.13. The lowest BCUT2D eigenvalue weighted by Crippen LogP contribution is -1.94. The van der Waals surface area contributed by atoms with Crippen molar-refractivity contribution in [3.63, 3.8) is 0 Å². The van der Waals surface area contributed by atoms with Crippen molar-refractivity contribution in [2.24, 2.45) is 0 Å². The van der Waals surface area contributed by atoms with Crippen LogP contribution in [0.25, 0.3) is 0 Å². The van der Waals surface area contributed by atoms with Crippen LogP contribution in [0.5, 0.6) is 11.5 Å². The highest BCUT2D eigenvalue weighted by molar-refractivity contribution is 9.10. The molecule has 0 amide bonds. The summed E-state index contributed by atoms with van der Waals surface area (Å²) in [5, 5.41) is 18.1. The Bertz CT molecular complexity index is 666. The standard InChI is InChI=1S/C16H14BrNO2/c1-10-5-12(8-18)6-11(2)16(10)20-14-4-3-13(9-19)15(17)7-14/h3-7,19H,9H2,1-2H3. The number of nitrogens with zero attached hydrogens (tertiary/aromatic N) is 1. The average molecular weight is 332 g/mol. The summed E-state index contributed by atoms with van der Waals surface area (Å²) in [7, 11) is 0. The molecule has 0 fully saturated rings. The van der Waals surface area contributed by atoms with Gasteiger partial charge >= 0.3 is 0 Å². The summed E-state index contributed by atoms with van der Waals surface area (Å²) >= 11 is 3.40. The molecule has 2 rings (SSSR count). The molecular formula is C16H14BrNO2. The zero-order chi connectivity index (χ0) is 14.7. The smallest absolute Gasteiger partial charge is 0.133 e. The van der Waals surface area contributed by atoms with Crippen molar-refractivity contribution >= 4 is 15.9 Å². The minimum Gasteiger partial charge on any atom is -0.457 e. The fourth-order valence-corrected chi connectivity index (χ4v) is 2.50. The Hall–Kier alpha value is -1.83. The predicted molar refractivity (Wildman–Crippen MR) is 80.8 cm³/mol. The van der Waals surface area contributed by atoms with E-state index in [1.54, 1.807) is 12.1 Å². The van der Waals surface area contributed by atoms with Gasteiger partial charge in [0.1, 0.15) is 11.5 Å². The summed E-state index contributed by atoms with van der Waals surface area (Å²) < 4.78 is 6.71. The summed E-state index contributed by atoms with van der Waals surface area (Å²) in [6, 6.07) is 11.2. The molecule has 0 aliphatic rings. The maximum absolute atomic E-state index is 9.14. The number of hydrogen-bond donors (Lipinski definition) is 1. The van der Waals surface area contributed by atoms with Crippen LogP contribution in [0, 0.1) is 25.2 Å². The van der Waals surface area contributed by atoms with E-state index in [1.165, 1.54) is 0 Å². The third-order valence-corrected chi connectivity index (χ3v) is 3.74. The van der Waals surface area contributed by atoms with E-state index >= 15 is 0 Å². The first-order valence-corrected chi connectivity index (χ1v) is 6.93. The quantitative estimate of drug-likeness (QED) is 0.915. The maximum atomic E-state index is 9.14. The maximum Gasteiger partial charge on any atom is 0.133 e. The molecule has 1 N–H and O–H groups in total. The van der Waals surface area contributed by atoms with Crippen LogP contribution in [-0.2, 0) is 6.61 Å². The van der Waals surface area contributed by atoms with Gasteiger partial charge in [-0.1, -0.05) is 22.0 Å². The lowest BCUT2D eigenvalue weighted by atomic mass is 10.1. The topological polar surface area (TPSA) is 53.2 Å². The molecule has 0 radical (unpaired) electrons. The number of hydrogen-bond acceptors (Lipinski definition) is 3. The predicted octanol–water partition coefficient (Wildman–Crippen LogP) is 4.22. The second-order valence-corrected chi connectivity index (χ2v) is 5.42. The average Bonchev–Trinajstić information content (AvgIpc) is 2.42. The third-order valence-electron chi connectivity index (χ3n) is 3.00. The molecule has 0 atom stereocenters. The lowest BCUT2D eigenvalue weighted by molar-refractivity contribution is 0.281. The molecule has 2 aromatic rings. The van der Waals surface area contributed by atoms with Gasteiger partial charge in [0.2, 0.25) is 0 Å². The highest BCUT2D eigenvalue weighted by atomic mass is 79.9. The SMILES string of the molecule is Cc1cc(C#N)cc(C)c1Oc1ccc(CO)c(Br)c1. The van der Waals surface area contributed by atoms with E-state index in [2.05, 4.69) is 22.0 Å². The van der Waals surface area contributed by atoms with E-state index in [0.29, 0.717) is 11.3 Å². The third kappa shape index (κ3) is 3.01. The molecule has 0 aromatic heterocycles. The molecule has 3 nitrogen and oxygen atoms in total. The molecule has 2 aromatic carbocycles. The minimum absolute atomic E-state index is 0.0181. The van der Waals surface area contributed by atoms with Gasteiger partial charge < -0.3 is 9.84 Å². The number of aliphatic hydroxyl groups excluding tert-OH is 1. The van der Waals surface area contributed by atoms with E-state index in [4.69, 9.17) is 15.1 Å². The van der Waals surface area contributed by atoms with Gasteiger partial charge in [0, 0.05) is 4.47 Å². The molecular weight excluding hydrogens is 318 g/mol. The zero-order valence-electron chi connectivity index (χ0n) is 11.3. The number of halogens is 1. The van der Waals surface area contributed by atoms with Gasteiger partial charge in [-0.05, 0) is 54.8 Å². The second kappa shape index (κ2) is 6.08.